The maximum Gasteiger partial charge on any atom is 0.286 e. The third kappa shape index (κ3) is 2.14. The molecule has 0 saturated carbocycles. The smallest absolute Gasteiger partial charge is 0.286 e. The third-order valence-electron chi connectivity index (χ3n) is 4.50. The largest absolute Gasteiger partial charge is 0.836 e. The zero-order valence-corrected chi connectivity index (χ0v) is 13.5. The van der Waals surface area contributed by atoms with Crippen LogP contribution in [0.4, 0.5) is 0 Å². The lowest BCUT2D eigenvalue weighted by Crippen LogP contribution is -2.44. The maximum atomic E-state index is 14.3. The normalized spacial score (nSPS) is 11.8. The summed E-state index contributed by atoms with van der Waals surface area (Å²) in [5.74, 6) is 0. The number of hydrogen-bond donors (Lipinski definition) is 0. The molecule has 0 unspecified atom stereocenters. The lowest BCUT2D eigenvalue weighted by Gasteiger charge is -2.39. The van der Waals surface area contributed by atoms with Gasteiger partial charge in [-0.3, -0.25) is 0 Å². The summed E-state index contributed by atoms with van der Waals surface area (Å²) in [6.07, 6.45) is 3.88. The first-order valence-corrected chi connectivity index (χ1v) is 7.99. The Labute approximate surface area is 141 Å². The minimum atomic E-state index is -1.48. The molecule has 3 heteroatoms. The van der Waals surface area contributed by atoms with Gasteiger partial charge in [-0.05, 0) is 17.2 Å². The van der Waals surface area contributed by atoms with Gasteiger partial charge in [-0.2, -0.15) is 0 Å². The van der Waals surface area contributed by atoms with E-state index >= 15 is 0 Å². The summed E-state index contributed by atoms with van der Waals surface area (Å²) in [5, 5.41) is 14.3. The molecule has 0 N–H and O–H groups in total. The van der Waals surface area contributed by atoms with Crippen LogP contribution in [0.5, 0.6) is 0 Å². The molecule has 0 radical (unpaired) electrons. The first kappa shape index (κ1) is 14.7. The molecule has 0 atom stereocenters. The van der Waals surface area contributed by atoms with Crippen LogP contribution in [-0.4, -0.2) is 4.40 Å². The van der Waals surface area contributed by atoms with Crippen molar-refractivity contribution in [2.75, 3.05) is 0 Å². The van der Waals surface area contributed by atoms with Crippen molar-refractivity contribution in [1.29, 1.82) is 0 Å². The molecule has 0 saturated heterocycles. The van der Waals surface area contributed by atoms with Crippen LogP contribution >= 0.6 is 0 Å². The van der Waals surface area contributed by atoms with Crippen LogP contribution < -0.4 is 9.67 Å². The van der Waals surface area contributed by atoms with Gasteiger partial charge in [0.1, 0.15) is 11.9 Å². The van der Waals surface area contributed by atoms with Crippen molar-refractivity contribution >= 4 is 5.65 Å². The number of fused-ring (bicyclic) bond motifs is 1. The fourth-order valence-corrected chi connectivity index (χ4v) is 3.31. The minimum Gasteiger partial charge on any atom is -0.836 e. The summed E-state index contributed by atoms with van der Waals surface area (Å²) >= 11 is 0. The quantitative estimate of drug-likeness (QED) is 0.534. The van der Waals surface area contributed by atoms with E-state index < -0.39 is 5.60 Å². The number of imidazole rings is 1. The number of aromatic nitrogens is 2. The highest BCUT2D eigenvalue weighted by molar-refractivity contribution is 5.46. The molecule has 4 aromatic rings. The Kier molecular flexibility index (Phi) is 3.44. The van der Waals surface area contributed by atoms with Crippen LogP contribution in [0.2, 0.25) is 0 Å². The Hall–Kier alpha value is -2.91. The van der Waals surface area contributed by atoms with Gasteiger partial charge in [0, 0.05) is 11.7 Å². The van der Waals surface area contributed by atoms with Crippen molar-refractivity contribution in [3.05, 3.63) is 108 Å². The fraction of sp³-hybridized carbons (Fsp3) is 0.0952. The van der Waals surface area contributed by atoms with E-state index in [1.807, 2.05) is 107 Å². The number of rotatable bonds is 3. The highest BCUT2D eigenvalue weighted by Gasteiger charge is 2.32. The average molecular weight is 314 g/mol. The Morgan fingerprint density at radius 1 is 0.792 bits per heavy atom. The van der Waals surface area contributed by atoms with Crippen LogP contribution in [0, 0.1) is 0 Å². The van der Waals surface area contributed by atoms with E-state index in [0.717, 1.165) is 16.8 Å². The molecule has 0 bridgehead atoms. The molecule has 2 aromatic carbocycles. The Morgan fingerprint density at radius 3 is 1.92 bits per heavy atom. The van der Waals surface area contributed by atoms with Gasteiger partial charge in [0.25, 0.3) is 5.65 Å². The van der Waals surface area contributed by atoms with Crippen molar-refractivity contribution in [2.24, 2.45) is 7.05 Å². The molecule has 2 heterocycles. The molecule has 4 rings (SSSR count). The average Bonchev–Trinajstić information content (AvgIpc) is 3.00. The van der Waals surface area contributed by atoms with Gasteiger partial charge in [-0.25, -0.2) is 8.97 Å². The molecule has 0 aliphatic rings. The minimum absolute atomic E-state index is 0.706. The summed E-state index contributed by atoms with van der Waals surface area (Å²) in [6.45, 7) is 0. The molecule has 0 aliphatic heterocycles. The lowest BCUT2D eigenvalue weighted by molar-refractivity contribution is -0.645. The van der Waals surface area contributed by atoms with Crippen molar-refractivity contribution in [3.8, 4) is 0 Å². The van der Waals surface area contributed by atoms with Crippen LogP contribution in [0.1, 0.15) is 16.8 Å². The van der Waals surface area contributed by atoms with Gasteiger partial charge in [-0.15, -0.1) is 0 Å². The maximum absolute atomic E-state index is 14.3. The van der Waals surface area contributed by atoms with E-state index in [4.69, 9.17) is 0 Å². The molecule has 24 heavy (non-hydrogen) atoms. The second-order valence-electron chi connectivity index (χ2n) is 5.97. The van der Waals surface area contributed by atoms with E-state index in [9.17, 15) is 5.11 Å². The lowest BCUT2D eigenvalue weighted by atomic mass is 9.84. The molecule has 0 spiro atoms. The summed E-state index contributed by atoms with van der Waals surface area (Å²) < 4.78 is 3.97. The topological polar surface area (TPSA) is 31.3 Å². The van der Waals surface area contributed by atoms with Gasteiger partial charge in [0.05, 0.1) is 13.2 Å². The van der Waals surface area contributed by atoms with Crippen molar-refractivity contribution < 1.29 is 9.67 Å². The molecular weight excluding hydrogens is 296 g/mol. The van der Waals surface area contributed by atoms with Gasteiger partial charge in [-0.1, -0.05) is 66.7 Å². The summed E-state index contributed by atoms with van der Waals surface area (Å²) in [5.41, 5.74) is 1.69. The molecular formula is C21H18N2O. The number of nitrogens with zero attached hydrogens (tertiary/aromatic N) is 2. The van der Waals surface area contributed by atoms with E-state index in [1.54, 1.807) is 0 Å². The molecule has 0 aliphatic carbocycles. The number of aryl methyl sites for hydroxylation is 1. The summed E-state index contributed by atoms with van der Waals surface area (Å²) in [4.78, 5) is 0. The third-order valence-corrected chi connectivity index (χ3v) is 4.50. The summed E-state index contributed by atoms with van der Waals surface area (Å²) in [6, 6.07) is 25.1. The van der Waals surface area contributed by atoms with Gasteiger partial charge in [0.2, 0.25) is 0 Å². The Morgan fingerprint density at radius 2 is 1.33 bits per heavy atom. The van der Waals surface area contributed by atoms with Crippen molar-refractivity contribution in [2.45, 2.75) is 5.60 Å². The highest BCUT2D eigenvalue weighted by atomic mass is 16.3. The molecule has 0 amide bonds. The first-order chi connectivity index (χ1) is 11.7. The predicted octanol–water partition coefficient (Wildman–Crippen LogP) is 2.42. The monoisotopic (exact) mass is 314 g/mol. The summed E-state index contributed by atoms with van der Waals surface area (Å²) in [7, 11) is 1.97. The second-order valence-corrected chi connectivity index (χ2v) is 5.97. The predicted molar refractivity (Wildman–Crippen MR) is 91.3 cm³/mol. The number of hydrogen-bond acceptors (Lipinski definition) is 1. The highest BCUT2D eigenvalue weighted by Crippen LogP contribution is 2.33. The molecule has 2 aromatic heterocycles. The van der Waals surface area contributed by atoms with Gasteiger partial charge in [0.15, 0.2) is 0 Å². The van der Waals surface area contributed by atoms with Gasteiger partial charge < -0.3 is 5.11 Å². The first-order valence-electron chi connectivity index (χ1n) is 7.99. The van der Waals surface area contributed by atoms with Crippen LogP contribution in [0.15, 0.2) is 91.3 Å². The molecule has 118 valence electrons. The number of benzene rings is 2. The van der Waals surface area contributed by atoms with Crippen LogP contribution in [-0.2, 0) is 12.6 Å². The van der Waals surface area contributed by atoms with E-state index in [-0.39, 0.29) is 0 Å². The van der Waals surface area contributed by atoms with E-state index in [2.05, 4.69) is 0 Å². The number of pyridine rings is 1. The van der Waals surface area contributed by atoms with E-state index in [0.29, 0.717) is 5.69 Å². The second kappa shape index (κ2) is 5.62. The fourth-order valence-electron chi connectivity index (χ4n) is 3.31. The zero-order valence-electron chi connectivity index (χ0n) is 13.5. The Balaban J connectivity index is 2.07. The van der Waals surface area contributed by atoms with Crippen LogP contribution in [0.25, 0.3) is 5.65 Å². The Bertz CT molecular complexity index is 935. The zero-order chi connectivity index (χ0) is 16.6. The molecule has 3 nitrogen and oxygen atoms in total. The van der Waals surface area contributed by atoms with E-state index in [1.165, 1.54) is 0 Å². The van der Waals surface area contributed by atoms with Gasteiger partial charge >= 0.3 is 0 Å². The van der Waals surface area contributed by atoms with Crippen molar-refractivity contribution in [1.82, 2.24) is 4.40 Å². The van der Waals surface area contributed by atoms with Crippen LogP contribution in [0.3, 0.4) is 0 Å². The van der Waals surface area contributed by atoms with Crippen molar-refractivity contribution in [3.63, 3.8) is 0 Å². The standard InChI is InChI=1S/C21H18N2O/c1-22-16-19(23-15-9-8-14-20(22)23)21(24,17-10-4-2-5-11-17)18-12-6-3-7-13-18/h2-16H,1H3. The SMILES string of the molecule is C[n+]1cc(C([O-])(c2ccccc2)c2ccccc2)n2ccccc21. The molecule has 0 fully saturated rings.